The van der Waals surface area contributed by atoms with E-state index >= 15 is 0 Å². The van der Waals surface area contributed by atoms with Crippen molar-refractivity contribution in [1.29, 1.82) is 0 Å². The summed E-state index contributed by atoms with van der Waals surface area (Å²) in [4.78, 5) is 0. The molecule has 0 aliphatic carbocycles. The van der Waals surface area contributed by atoms with Crippen LogP contribution in [0.25, 0.3) is 6.08 Å². The van der Waals surface area contributed by atoms with Crippen LogP contribution >= 0.6 is 0 Å². The molecule has 1 rings (SSSR count). The van der Waals surface area contributed by atoms with E-state index in [4.69, 9.17) is 4.74 Å². The lowest BCUT2D eigenvalue weighted by Gasteiger charge is -2.20. The average Bonchev–Trinajstić information content (AvgIpc) is 2.42. The Bertz CT molecular complexity index is 373. The van der Waals surface area contributed by atoms with Gasteiger partial charge in [0.2, 0.25) is 0 Å². The standard InChI is InChI=1S/C17H27NO/c1-4-9-15-11-7-8-12-17(15)19-16(10-5-2)14-18-13-6-3/h4,7-9,11-12,16,18H,5-6,10,13-14H2,1-3H3/b9-4+. The van der Waals surface area contributed by atoms with Crippen LogP contribution in [-0.2, 0) is 0 Å². The average molecular weight is 261 g/mol. The molecule has 106 valence electrons. The molecule has 0 bridgehead atoms. The van der Waals surface area contributed by atoms with Gasteiger partial charge in [-0.25, -0.2) is 0 Å². The van der Waals surface area contributed by atoms with E-state index in [1.807, 2.05) is 25.1 Å². The second-order valence-electron chi connectivity index (χ2n) is 4.77. The normalized spacial score (nSPS) is 12.8. The second-order valence-corrected chi connectivity index (χ2v) is 4.77. The topological polar surface area (TPSA) is 21.3 Å². The molecule has 0 saturated carbocycles. The van der Waals surface area contributed by atoms with Crippen LogP contribution in [0.5, 0.6) is 5.75 Å². The molecule has 0 saturated heterocycles. The molecule has 1 atom stereocenters. The minimum Gasteiger partial charge on any atom is -0.488 e. The van der Waals surface area contributed by atoms with Gasteiger partial charge in [0, 0.05) is 12.1 Å². The van der Waals surface area contributed by atoms with Crippen LogP contribution in [-0.4, -0.2) is 19.2 Å². The van der Waals surface area contributed by atoms with Crippen molar-refractivity contribution in [2.45, 2.75) is 46.1 Å². The third kappa shape index (κ3) is 5.93. The summed E-state index contributed by atoms with van der Waals surface area (Å²) in [6, 6.07) is 8.23. The molecule has 2 heteroatoms. The summed E-state index contributed by atoms with van der Waals surface area (Å²) in [6.45, 7) is 8.40. The summed E-state index contributed by atoms with van der Waals surface area (Å²) >= 11 is 0. The maximum Gasteiger partial charge on any atom is 0.126 e. The van der Waals surface area contributed by atoms with Crippen molar-refractivity contribution in [3.63, 3.8) is 0 Å². The Balaban J connectivity index is 2.66. The Morgan fingerprint density at radius 1 is 1.21 bits per heavy atom. The lowest BCUT2D eigenvalue weighted by Crippen LogP contribution is -2.32. The molecule has 0 spiro atoms. The minimum atomic E-state index is 0.253. The molecule has 0 aliphatic heterocycles. The summed E-state index contributed by atoms with van der Waals surface area (Å²) in [7, 11) is 0. The Hall–Kier alpha value is -1.28. The molecule has 2 nitrogen and oxygen atoms in total. The van der Waals surface area contributed by atoms with Crippen molar-refractivity contribution < 1.29 is 4.74 Å². The lowest BCUT2D eigenvalue weighted by molar-refractivity contribution is 0.186. The predicted octanol–water partition coefficient (Wildman–Crippen LogP) is 4.27. The van der Waals surface area contributed by atoms with Crippen molar-refractivity contribution in [1.82, 2.24) is 5.32 Å². The molecule has 0 amide bonds. The maximum atomic E-state index is 6.17. The van der Waals surface area contributed by atoms with E-state index < -0.39 is 0 Å². The molecule has 1 aromatic rings. The van der Waals surface area contributed by atoms with E-state index in [9.17, 15) is 0 Å². The molecule has 1 N–H and O–H groups in total. The molecule has 1 aromatic carbocycles. The number of hydrogen-bond donors (Lipinski definition) is 1. The number of benzene rings is 1. The van der Waals surface area contributed by atoms with Crippen LogP contribution in [0.15, 0.2) is 30.3 Å². The summed E-state index contributed by atoms with van der Waals surface area (Å²) in [5.41, 5.74) is 1.15. The van der Waals surface area contributed by atoms with Gasteiger partial charge in [0.05, 0.1) is 0 Å². The van der Waals surface area contributed by atoms with E-state index in [-0.39, 0.29) is 6.10 Å². The first kappa shape index (κ1) is 15.8. The van der Waals surface area contributed by atoms with Crippen LogP contribution in [0, 0.1) is 0 Å². The molecule has 0 aliphatic rings. The SMILES string of the molecule is C/C=C/c1ccccc1OC(CCC)CNCCC. The number of nitrogens with one attached hydrogen (secondary N) is 1. The largest absolute Gasteiger partial charge is 0.488 e. The zero-order chi connectivity index (χ0) is 13.9. The molecule has 19 heavy (non-hydrogen) atoms. The summed E-state index contributed by atoms with van der Waals surface area (Å²) in [5, 5.41) is 3.45. The molecule has 0 radical (unpaired) electrons. The lowest BCUT2D eigenvalue weighted by atomic mass is 10.1. The van der Waals surface area contributed by atoms with Crippen molar-refractivity contribution in [2.24, 2.45) is 0 Å². The van der Waals surface area contributed by atoms with Crippen LogP contribution < -0.4 is 10.1 Å². The maximum absolute atomic E-state index is 6.17. The molecule has 0 heterocycles. The van der Waals surface area contributed by atoms with E-state index in [1.54, 1.807) is 0 Å². The summed E-state index contributed by atoms with van der Waals surface area (Å²) in [5.74, 6) is 0.984. The highest BCUT2D eigenvalue weighted by molar-refractivity contribution is 5.56. The number of rotatable bonds is 9. The molecule has 0 fully saturated rings. The van der Waals surface area contributed by atoms with Crippen molar-refractivity contribution in [3.8, 4) is 5.75 Å². The summed E-state index contributed by atoms with van der Waals surface area (Å²) in [6.07, 6.45) is 7.78. The first-order chi connectivity index (χ1) is 9.31. The fraction of sp³-hybridized carbons (Fsp3) is 0.529. The van der Waals surface area contributed by atoms with Crippen molar-refractivity contribution >= 4 is 6.08 Å². The Labute approximate surface area is 117 Å². The van der Waals surface area contributed by atoms with Crippen molar-refractivity contribution in [2.75, 3.05) is 13.1 Å². The Kier molecular flexibility index (Phi) is 7.99. The van der Waals surface area contributed by atoms with Crippen LogP contribution in [0.1, 0.15) is 45.6 Å². The van der Waals surface area contributed by atoms with Gasteiger partial charge in [0.25, 0.3) is 0 Å². The van der Waals surface area contributed by atoms with Crippen LogP contribution in [0.3, 0.4) is 0 Å². The second kappa shape index (κ2) is 9.62. The van der Waals surface area contributed by atoms with Gasteiger partial charge < -0.3 is 10.1 Å². The van der Waals surface area contributed by atoms with Gasteiger partial charge in [-0.15, -0.1) is 0 Å². The fourth-order valence-electron chi connectivity index (χ4n) is 2.05. The van der Waals surface area contributed by atoms with Gasteiger partial charge in [-0.2, -0.15) is 0 Å². The molecular weight excluding hydrogens is 234 g/mol. The third-order valence-electron chi connectivity index (χ3n) is 2.97. The monoisotopic (exact) mass is 261 g/mol. The smallest absolute Gasteiger partial charge is 0.126 e. The van der Waals surface area contributed by atoms with E-state index in [1.165, 1.54) is 0 Å². The van der Waals surface area contributed by atoms with Gasteiger partial charge in [0.15, 0.2) is 0 Å². The fourth-order valence-corrected chi connectivity index (χ4v) is 2.05. The summed E-state index contributed by atoms with van der Waals surface area (Å²) < 4.78 is 6.17. The highest BCUT2D eigenvalue weighted by atomic mass is 16.5. The van der Waals surface area contributed by atoms with Gasteiger partial charge in [-0.05, 0) is 32.4 Å². The highest BCUT2D eigenvalue weighted by Crippen LogP contribution is 2.21. The Morgan fingerprint density at radius 3 is 2.68 bits per heavy atom. The van der Waals surface area contributed by atoms with Gasteiger partial charge in [0.1, 0.15) is 11.9 Å². The Morgan fingerprint density at radius 2 is 2.00 bits per heavy atom. The van der Waals surface area contributed by atoms with Crippen molar-refractivity contribution in [3.05, 3.63) is 35.9 Å². The zero-order valence-corrected chi connectivity index (χ0v) is 12.5. The molecular formula is C17H27NO. The highest BCUT2D eigenvalue weighted by Gasteiger charge is 2.10. The minimum absolute atomic E-state index is 0.253. The van der Waals surface area contributed by atoms with E-state index in [0.29, 0.717) is 0 Å². The van der Waals surface area contributed by atoms with Gasteiger partial charge in [-0.3, -0.25) is 0 Å². The first-order valence-electron chi connectivity index (χ1n) is 7.40. The predicted molar refractivity (Wildman–Crippen MR) is 83.6 cm³/mol. The van der Waals surface area contributed by atoms with Gasteiger partial charge in [-0.1, -0.05) is 50.6 Å². The van der Waals surface area contributed by atoms with Crippen LogP contribution in [0.4, 0.5) is 0 Å². The molecule has 0 aromatic heterocycles. The third-order valence-corrected chi connectivity index (χ3v) is 2.97. The number of para-hydroxylation sites is 1. The first-order valence-corrected chi connectivity index (χ1v) is 7.40. The molecule has 1 unspecified atom stereocenters. The van der Waals surface area contributed by atoms with Crippen LogP contribution in [0.2, 0.25) is 0 Å². The quantitative estimate of drug-likeness (QED) is 0.670. The van der Waals surface area contributed by atoms with E-state index in [0.717, 1.165) is 43.7 Å². The van der Waals surface area contributed by atoms with Gasteiger partial charge >= 0.3 is 0 Å². The number of allylic oxidation sites excluding steroid dienone is 1. The number of hydrogen-bond acceptors (Lipinski definition) is 2. The zero-order valence-electron chi connectivity index (χ0n) is 12.5. The number of ether oxygens (including phenoxy) is 1. The van der Waals surface area contributed by atoms with E-state index in [2.05, 4.69) is 37.4 Å².